The maximum Gasteiger partial charge on any atom is 0.0446 e. The van der Waals surface area contributed by atoms with Gasteiger partial charge in [-0.2, -0.15) is 0 Å². The maximum atomic E-state index is 3.50. The molecule has 2 nitrogen and oxygen atoms in total. The zero-order valence-electron chi connectivity index (χ0n) is 14.4. The molecule has 1 aliphatic rings. The van der Waals surface area contributed by atoms with Crippen LogP contribution >= 0.6 is 0 Å². The van der Waals surface area contributed by atoms with Gasteiger partial charge in [-0.15, -0.1) is 0 Å². The summed E-state index contributed by atoms with van der Waals surface area (Å²) in [6.45, 7) is 11.5. The predicted molar refractivity (Wildman–Crippen MR) is 91.8 cm³/mol. The van der Waals surface area contributed by atoms with Crippen molar-refractivity contribution >= 4 is 0 Å². The van der Waals surface area contributed by atoms with E-state index in [-0.39, 0.29) is 0 Å². The van der Waals surface area contributed by atoms with Gasteiger partial charge in [-0.3, -0.25) is 4.90 Å². The van der Waals surface area contributed by atoms with E-state index >= 15 is 0 Å². The molecule has 0 radical (unpaired) electrons. The standard InChI is InChI=1S/C19H32N2/c1-14(2)17-8-10-18(11-9-17)19(20-5)13-21(15(3)4)12-16-6-7-16/h8-11,14-16,19-20H,6-7,12-13H2,1-5H3. The van der Waals surface area contributed by atoms with Crippen molar-refractivity contribution in [3.63, 3.8) is 0 Å². The van der Waals surface area contributed by atoms with Crippen LogP contribution in [-0.2, 0) is 0 Å². The van der Waals surface area contributed by atoms with E-state index in [0.717, 1.165) is 12.5 Å². The minimum atomic E-state index is 0.423. The van der Waals surface area contributed by atoms with Crippen molar-refractivity contribution in [2.75, 3.05) is 20.1 Å². The summed E-state index contributed by atoms with van der Waals surface area (Å²) in [4.78, 5) is 2.63. The zero-order chi connectivity index (χ0) is 15.4. The molecule has 2 heteroatoms. The van der Waals surface area contributed by atoms with Crippen LogP contribution in [0.1, 0.15) is 63.6 Å². The predicted octanol–water partition coefficient (Wildman–Crippen LogP) is 4.19. The minimum absolute atomic E-state index is 0.423. The van der Waals surface area contributed by atoms with Crippen molar-refractivity contribution in [1.82, 2.24) is 10.2 Å². The average molecular weight is 288 g/mol. The lowest BCUT2D eigenvalue weighted by Crippen LogP contribution is -2.39. The van der Waals surface area contributed by atoms with E-state index in [1.165, 1.54) is 30.5 Å². The summed E-state index contributed by atoms with van der Waals surface area (Å²) < 4.78 is 0. The molecule has 1 N–H and O–H groups in total. The molecule has 0 aromatic heterocycles. The van der Waals surface area contributed by atoms with Gasteiger partial charge in [-0.05, 0) is 56.7 Å². The summed E-state index contributed by atoms with van der Waals surface area (Å²) in [6.07, 6.45) is 2.85. The van der Waals surface area contributed by atoms with Gasteiger partial charge in [0.2, 0.25) is 0 Å². The van der Waals surface area contributed by atoms with E-state index in [9.17, 15) is 0 Å². The van der Waals surface area contributed by atoms with Crippen molar-refractivity contribution < 1.29 is 0 Å². The Balaban J connectivity index is 2.02. The van der Waals surface area contributed by atoms with E-state index in [2.05, 4.69) is 69.2 Å². The fraction of sp³-hybridized carbons (Fsp3) is 0.684. The molecule has 1 aliphatic carbocycles. The summed E-state index contributed by atoms with van der Waals surface area (Å²) in [5, 5.41) is 3.50. The van der Waals surface area contributed by atoms with Crippen LogP contribution in [0.15, 0.2) is 24.3 Å². The van der Waals surface area contributed by atoms with E-state index in [4.69, 9.17) is 0 Å². The Hall–Kier alpha value is -0.860. The van der Waals surface area contributed by atoms with Crippen LogP contribution in [-0.4, -0.2) is 31.1 Å². The minimum Gasteiger partial charge on any atom is -0.312 e. The number of likely N-dealkylation sites (N-methyl/N-ethyl adjacent to an activating group) is 1. The molecule has 0 saturated heterocycles. The van der Waals surface area contributed by atoms with Gasteiger partial charge in [0.1, 0.15) is 0 Å². The van der Waals surface area contributed by atoms with Crippen LogP contribution in [0.2, 0.25) is 0 Å². The SMILES string of the molecule is CNC(CN(CC1CC1)C(C)C)c1ccc(C(C)C)cc1. The van der Waals surface area contributed by atoms with E-state index < -0.39 is 0 Å². The van der Waals surface area contributed by atoms with E-state index in [0.29, 0.717) is 18.0 Å². The van der Waals surface area contributed by atoms with Crippen LogP contribution < -0.4 is 5.32 Å². The van der Waals surface area contributed by atoms with Crippen molar-refractivity contribution in [1.29, 1.82) is 0 Å². The Bertz CT molecular complexity index is 418. The highest BCUT2D eigenvalue weighted by Gasteiger charge is 2.26. The number of nitrogens with one attached hydrogen (secondary N) is 1. The third kappa shape index (κ3) is 4.82. The molecule has 118 valence electrons. The van der Waals surface area contributed by atoms with Gasteiger partial charge in [-0.1, -0.05) is 38.1 Å². The highest BCUT2D eigenvalue weighted by Crippen LogP contribution is 2.31. The molecule has 0 bridgehead atoms. The van der Waals surface area contributed by atoms with Gasteiger partial charge in [0, 0.05) is 25.2 Å². The smallest absolute Gasteiger partial charge is 0.0446 e. The van der Waals surface area contributed by atoms with Gasteiger partial charge in [-0.25, -0.2) is 0 Å². The lowest BCUT2D eigenvalue weighted by molar-refractivity contribution is 0.192. The zero-order valence-corrected chi connectivity index (χ0v) is 14.4. The fourth-order valence-corrected chi connectivity index (χ4v) is 2.84. The van der Waals surface area contributed by atoms with Gasteiger partial charge >= 0.3 is 0 Å². The molecule has 1 aromatic rings. The molecule has 0 aliphatic heterocycles. The lowest BCUT2D eigenvalue weighted by atomic mass is 9.98. The number of benzene rings is 1. The largest absolute Gasteiger partial charge is 0.312 e. The van der Waals surface area contributed by atoms with Crippen molar-refractivity contribution in [2.45, 2.75) is 58.5 Å². The topological polar surface area (TPSA) is 15.3 Å². The Labute approximate surface area is 130 Å². The molecular weight excluding hydrogens is 256 g/mol. The molecule has 1 unspecified atom stereocenters. The van der Waals surface area contributed by atoms with Crippen molar-refractivity contribution in [3.05, 3.63) is 35.4 Å². The van der Waals surface area contributed by atoms with Crippen LogP contribution in [0, 0.1) is 5.92 Å². The maximum absolute atomic E-state index is 3.50. The number of rotatable bonds is 8. The second-order valence-electron chi connectivity index (χ2n) is 7.15. The molecule has 1 aromatic carbocycles. The first-order chi connectivity index (χ1) is 10.0. The van der Waals surface area contributed by atoms with E-state index in [1.54, 1.807) is 0 Å². The molecule has 1 saturated carbocycles. The first kappa shape index (κ1) is 16.5. The highest BCUT2D eigenvalue weighted by molar-refractivity contribution is 5.27. The molecular formula is C19H32N2. The van der Waals surface area contributed by atoms with Crippen LogP contribution in [0.3, 0.4) is 0 Å². The second-order valence-corrected chi connectivity index (χ2v) is 7.15. The quantitative estimate of drug-likeness (QED) is 0.771. The van der Waals surface area contributed by atoms with Crippen molar-refractivity contribution in [2.24, 2.45) is 5.92 Å². The summed E-state index contributed by atoms with van der Waals surface area (Å²) in [7, 11) is 2.08. The van der Waals surface area contributed by atoms with Gasteiger partial charge in [0.15, 0.2) is 0 Å². The Morgan fingerprint density at radius 3 is 2.05 bits per heavy atom. The number of nitrogens with zero attached hydrogens (tertiary/aromatic N) is 1. The Morgan fingerprint density at radius 1 is 1.05 bits per heavy atom. The normalized spacial score (nSPS) is 17.0. The third-order valence-corrected chi connectivity index (χ3v) is 4.69. The van der Waals surface area contributed by atoms with Gasteiger partial charge in [0.25, 0.3) is 0 Å². The van der Waals surface area contributed by atoms with Gasteiger partial charge < -0.3 is 5.32 Å². The number of hydrogen-bond acceptors (Lipinski definition) is 2. The van der Waals surface area contributed by atoms with Crippen LogP contribution in [0.4, 0.5) is 0 Å². The lowest BCUT2D eigenvalue weighted by Gasteiger charge is -2.31. The van der Waals surface area contributed by atoms with Crippen LogP contribution in [0.5, 0.6) is 0 Å². The first-order valence-corrected chi connectivity index (χ1v) is 8.52. The molecule has 1 atom stereocenters. The summed E-state index contributed by atoms with van der Waals surface area (Å²) in [6, 6.07) is 10.2. The Morgan fingerprint density at radius 2 is 1.62 bits per heavy atom. The monoisotopic (exact) mass is 288 g/mol. The highest BCUT2D eigenvalue weighted by atomic mass is 15.2. The molecule has 0 heterocycles. The number of hydrogen-bond donors (Lipinski definition) is 1. The van der Waals surface area contributed by atoms with E-state index in [1.807, 2.05) is 0 Å². The summed E-state index contributed by atoms with van der Waals surface area (Å²) in [5.41, 5.74) is 2.83. The Kier molecular flexibility index (Phi) is 5.83. The summed E-state index contributed by atoms with van der Waals surface area (Å²) in [5.74, 6) is 1.56. The van der Waals surface area contributed by atoms with Gasteiger partial charge in [0.05, 0.1) is 0 Å². The summed E-state index contributed by atoms with van der Waals surface area (Å²) >= 11 is 0. The average Bonchev–Trinajstić information content (AvgIpc) is 3.27. The van der Waals surface area contributed by atoms with Crippen molar-refractivity contribution in [3.8, 4) is 0 Å². The molecule has 1 fully saturated rings. The van der Waals surface area contributed by atoms with Crippen LogP contribution in [0.25, 0.3) is 0 Å². The second kappa shape index (κ2) is 7.42. The first-order valence-electron chi connectivity index (χ1n) is 8.52. The molecule has 0 spiro atoms. The molecule has 2 rings (SSSR count). The third-order valence-electron chi connectivity index (χ3n) is 4.69. The fourth-order valence-electron chi connectivity index (χ4n) is 2.84. The molecule has 21 heavy (non-hydrogen) atoms. The molecule has 0 amide bonds.